The first-order valence-electron chi connectivity index (χ1n) is 9.98. The van der Waals surface area contributed by atoms with Gasteiger partial charge in [-0.15, -0.1) is 0 Å². The number of likely N-dealkylation sites (tertiary alicyclic amines) is 1. The molecule has 3 rings (SSSR count). The summed E-state index contributed by atoms with van der Waals surface area (Å²) in [6, 6.07) is 3.97. The van der Waals surface area contributed by atoms with E-state index in [2.05, 4.69) is 31.0 Å². The molecular formula is C20H28BrFN4O2. The van der Waals surface area contributed by atoms with Gasteiger partial charge in [0.25, 0.3) is 5.91 Å². The van der Waals surface area contributed by atoms with E-state index in [-0.39, 0.29) is 30.3 Å². The van der Waals surface area contributed by atoms with Gasteiger partial charge in [0.1, 0.15) is 5.82 Å². The van der Waals surface area contributed by atoms with E-state index in [1.807, 2.05) is 4.90 Å². The summed E-state index contributed by atoms with van der Waals surface area (Å²) in [6.45, 7) is 8.16. The van der Waals surface area contributed by atoms with E-state index >= 15 is 0 Å². The van der Waals surface area contributed by atoms with Crippen molar-refractivity contribution in [2.24, 2.45) is 0 Å². The third-order valence-electron chi connectivity index (χ3n) is 5.45. The minimum atomic E-state index is -0.466. The highest BCUT2D eigenvalue weighted by atomic mass is 79.9. The Kier molecular flexibility index (Phi) is 7.82. The van der Waals surface area contributed by atoms with Gasteiger partial charge in [-0.1, -0.05) is 0 Å². The topological polar surface area (TPSA) is 55.9 Å². The second-order valence-corrected chi connectivity index (χ2v) is 8.26. The smallest absolute Gasteiger partial charge is 0.252 e. The Morgan fingerprint density at radius 1 is 1.00 bits per heavy atom. The number of carbonyl (C=O) groups is 2. The molecular weight excluding hydrogens is 427 g/mol. The molecule has 0 saturated carbocycles. The van der Waals surface area contributed by atoms with Crippen LogP contribution in [0.15, 0.2) is 22.7 Å². The largest absolute Gasteiger partial charge is 0.351 e. The highest BCUT2D eigenvalue weighted by Gasteiger charge is 2.22. The van der Waals surface area contributed by atoms with Crippen LogP contribution in [0, 0.1) is 5.82 Å². The van der Waals surface area contributed by atoms with Crippen LogP contribution in [-0.2, 0) is 4.79 Å². The van der Waals surface area contributed by atoms with Gasteiger partial charge in [-0.3, -0.25) is 14.5 Å². The van der Waals surface area contributed by atoms with Gasteiger partial charge in [-0.2, -0.15) is 0 Å². The fourth-order valence-electron chi connectivity index (χ4n) is 3.72. The number of hydrogen-bond donors (Lipinski definition) is 1. The maximum absolute atomic E-state index is 13.3. The average molecular weight is 455 g/mol. The third-order valence-corrected chi connectivity index (χ3v) is 6.15. The number of hydrogen-bond acceptors (Lipinski definition) is 4. The maximum Gasteiger partial charge on any atom is 0.252 e. The molecule has 0 atom stereocenters. The Morgan fingerprint density at radius 3 is 2.32 bits per heavy atom. The van der Waals surface area contributed by atoms with Crippen LogP contribution in [0.1, 0.15) is 29.6 Å². The molecule has 2 fully saturated rings. The number of amides is 2. The van der Waals surface area contributed by atoms with Gasteiger partial charge in [0.05, 0.1) is 5.56 Å². The highest BCUT2D eigenvalue weighted by Crippen LogP contribution is 2.17. The molecule has 8 heteroatoms. The second kappa shape index (κ2) is 10.3. The van der Waals surface area contributed by atoms with Crippen LogP contribution in [0.3, 0.4) is 0 Å². The lowest BCUT2D eigenvalue weighted by Crippen LogP contribution is -2.50. The van der Waals surface area contributed by atoms with Crippen molar-refractivity contribution in [2.75, 3.05) is 58.9 Å². The highest BCUT2D eigenvalue weighted by molar-refractivity contribution is 9.10. The van der Waals surface area contributed by atoms with E-state index in [9.17, 15) is 14.0 Å². The summed E-state index contributed by atoms with van der Waals surface area (Å²) in [5, 5.41) is 2.70. The first-order valence-corrected chi connectivity index (χ1v) is 10.8. The molecule has 2 amide bonds. The molecule has 154 valence electrons. The molecule has 0 unspecified atom stereocenters. The van der Waals surface area contributed by atoms with Crippen molar-refractivity contribution < 1.29 is 14.0 Å². The van der Waals surface area contributed by atoms with Gasteiger partial charge in [-0.25, -0.2) is 4.39 Å². The van der Waals surface area contributed by atoms with Crippen LogP contribution in [0.4, 0.5) is 4.39 Å². The van der Waals surface area contributed by atoms with Crippen molar-refractivity contribution in [1.82, 2.24) is 20.0 Å². The Balaban J connectivity index is 1.34. The summed E-state index contributed by atoms with van der Waals surface area (Å²) in [4.78, 5) is 31.4. The zero-order chi connectivity index (χ0) is 19.9. The average Bonchev–Trinajstić information content (AvgIpc) is 3.22. The van der Waals surface area contributed by atoms with Crippen molar-refractivity contribution >= 4 is 27.7 Å². The number of benzene rings is 1. The summed E-state index contributed by atoms with van der Waals surface area (Å²) < 4.78 is 13.8. The zero-order valence-electron chi connectivity index (χ0n) is 16.1. The van der Waals surface area contributed by atoms with E-state index in [4.69, 9.17) is 0 Å². The molecule has 0 spiro atoms. The molecule has 2 aliphatic rings. The quantitative estimate of drug-likeness (QED) is 0.683. The summed E-state index contributed by atoms with van der Waals surface area (Å²) in [5.41, 5.74) is 0.235. The number of nitrogens with zero attached hydrogens (tertiary/aromatic N) is 3. The van der Waals surface area contributed by atoms with E-state index in [1.165, 1.54) is 44.1 Å². The van der Waals surface area contributed by atoms with Crippen molar-refractivity contribution in [2.45, 2.75) is 19.3 Å². The van der Waals surface area contributed by atoms with Crippen molar-refractivity contribution in [3.8, 4) is 0 Å². The number of piperazine rings is 1. The predicted molar refractivity (Wildman–Crippen MR) is 110 cm³/mol. The van der Waals surface area contributed by atoms with Crippen LogP contribution in [-0.4, -0.2) is 85.4 Å². The molecule has 0 aliphatic carbocycles. The van der Waals surface area contributed by atoms with Crippen molar-refractivity contribution in [3.05, 3.63) is 34.1 Å². The van der Waals surface area contributed by atoms with Gasteiger partial charge in [-0.05, 0) is 60.1 Å². The minimum absolute atomic E-state index is 0.0535. The van der Waals surface area contributed by atoms with Gasteiger partial charge in [0.2, 0.25) is 5.91 Å². The number of halogens is 2. The molecule has 0 radical (unpaired) electrons. The number of carbonyl (C=O) groups excluding carboxylic acids is 2. The Morgan fingerprint density at radius 2 is 1.64 bits per heavy atom. The minimum Gasteiger partial charge on any atom is -0.351 e. The summed E-state index contributed by atoms with van der Waals surface area (Å²) >= 11 is 3.24. The lowest BCUT2D eigenvalue weighted by atomic mass is 10.2. The molecule has 2 heterocycles. The lowest BCUT2D eigenvalue weighted by molar-refractivity contribution is -0.132. The van der Waals surface area contributed by atoms with Gasteiger partial charge in [0, 0.05) is 56.7 Å². The first-order chi connectivity index (χ1) is 13.5. The summed E-state index contributed by atoms with van der Waals surface area (Å²) in [5.74, 6) is -0.796. The standard InChI is InChI=1S/C20H28BrFN4O2/c21-18-4-3-16(22)15-17(18)20(28)23-6-5-19(27)26-13-11-25(12-14-26)10-9-24-7-1-2-8-24/h3-4,15H,1-2,5-14H2,(H,23,28). The summed E-state index contributed by atoms with van der Waals surface area (Å²) in [7, 11) is 0. The molecule has 6 nitrogen and oxygen atoms in total. The van der Waals surface area contributed by atoms with Gasteiger partial charge in [0.15, 0.2) is 0 Å². The zero-order valence-corrected chi connectivity index (χ0v) is 17.7. The molecule has 28 heavy (non-hydrogen) atoms. The third kappa shape index (κ3) is 5.99. The number of rotatable bonds is 7. The molecule has 1 aromatic carbocycles. The first kappa shape index (κ1) is 21.2. The van der Waals surface area contributed by atoms with Crippen LogP contribution in [0.5, 0.6) is 0 Å². The Labute approximate surface area is 174 Å². The van der Waals surface area contributed by atoms with Gasteiger partial charge >= 0.3 is 0 Å². The van der Waals surface area contributed by atoms with Crippen LogP contribution >= 0.6 is 15.9 Å². The number of nitrogens with one attached hydrogen (secondary N) is 1. The van der Waals surface area contributed by atoms with Crippen LogP contribution in [0.2, 0.25) is 0 Å². The van der Waals surface area contributed by atoms with E-state index in [0.717, 1.165) is 39.3 Å². The normalized spacial score (nSPS) is 18.4. The molecule has 0 aromatic heterocycles. The molecule has 0 bridgehead atoms. The molecule has 1 N–H and O–H groups in total. The molecule has 1 aromatic rings. The van der Waals surface area contributed by atoms with E-state index in [0.29, 0.717) is 4.47 Å². The second-order valence-electron chi connectivity index (χ2n) is 7.40. The van der Waals surface area contributed by atoms with Crippen molar-refractivity contribution in [1.29, 1.82) is 0 Å². The monoisotopic (exact) mass is 454 g/mol. The lowest BCUT2D eigenvalue weighted by Gasteiger charge is -2.35. The maximum atomic E-state index is 13.3. The Hall–Kier alpha value is -1.51. The summed E-state index contributed by atoms with van der Waals surface area (Å²) in [6.07, 6.45) is 2.89. The van der Waals surface area contributed by atoms with Crippen LogP contribution in [0.25, 0.3) is 0 Å². The fourth-order valence-corrected chi connectivity index (χ4v) is 4.14. The Bertz CT molecular complexity index is 689. The van der Waals surface area contributed by atoms with Crippen LogP contribution < -0.4 is 5.32 Å². The molecule has 2 saturated heterocycles. The van der Waals surface area contributed by atoms with E-state index in [1.54, 1.807) is 0 Å². The predicted octanol–water partition coefficient (Wildman–Crippen LogP) is 1.95. The van der Waals surface area contributed by atoms with E-state index < -0.39 is 5.82 Å². The van der Waals surface area contributed by atoms with Crippen molar-refractivity contribution in [3.63, 3.8) is 0 Å². The van der Waals surface area contributed by atoms with Gasteiger partial charge < -0.3 is 15.1 Å². The fraction of sp³-hybridized carbons (Fsp3) is 0.600. The molecule has 2 aliphatic heterocycles. The SMILES string of the molecule is O=C(NCCC(=O)N1CCN(CCN2CCCC2)CC1)c1cc(F)ccc1Br.